The Hall–Kier alpha value is -2.51. The summed E-state index contributed by atoms with van der Waals surface area (Å²) in [5, 5.41) is 0. The van der Waals surface area contributed by atoms with Crippen molar-refractivity contribution in [2.45, 2.75) is 6.04 Å². The summed E-state index contributed by atoms with van der Waals surface area (Å²) in [6, 6.07) is 10.7. The second-order valence-corrected chi connectivity index (χ2v) is 7.85. The minimum Gasteiger partial charge on any atom is -0.491 e. The predicted molar refractivity (Wildman–Crippen MR) is 106 cm³/mol. The second-order valence-electron chi connectivity index (χ2n) is 7.85. The van der Waals surface area contributed by atoms with Crippen LogP contribution in [-0.2, 0) is 0 Å². The van der Waals surface area contributed by atoms with Gasteiger partial charge in [0, 0.05) is 38.1 Å². The number of hydrogen-bond acceptors (Lipinski definition) is 4. The molecule has 0 aromatic heterocycles. The van der Waals surface area contributed by atoms with Crippen LogP contribution in [0.1, 0.15) is 22.0 Å². The first kappa shape index (κ1) is 19.8. The van der Waals surface area contributed by atoms with E-state index in [1.54, 1.807) is 17.0 Å². The van der Waals surface area contributed by atoms with Gasteiger partial charge >= 0.3 is 0 Å². The van der Waals surface area contributed by atoms with E-state index in [1.807, 2.05) is 13.1 Å². The lowest BCUT2D eigenvalue weighted by Crippen LogP contribution is -2.33. The molecule has 1 amide bonds. The third kappa shape index (κ3) is 3.84. The van der Waals surface area contributed by atoms with Crippen LogP contribution in [0.5, 0.6) is 5.75 Å². The quantitative estimate of drug-likeness (QED) is 0.837. The van der Waals surface area contributed by atoms with Gasteiger partial charge in [0.2, 0.25) is 0 Å². The number of carbonyl (C=O) groups excluding carboxylic acids is 1. The summed E-state index contributed by atoms with van der Waals surface area (Å²) in [6.07, 6.45) is 0. The Morgan fingerprint density at radius 2 is 1.93 bits per heavy atom. The highest BCUT2D eigenvalue weighted by Crippen LogP contribution is 2.44. The second kappa shape index (κ2) is 8.08. The summed E-state index contributed by atoms with van der Waals surface area (Å²) >= 11 is 0. The van der Waals surface area contributed by atoms with E-state index in [9.17, 15) is 13.6 Å². The largest absolute Gasteiger partial charge is 0.491 e. The number of ether oxygens (including phenoxy) is 1. The topological polar surface area (TPSA) is 58.8 Å². The van der Waals surface area contributed by atoms with Crippen molar-refractivity contribution in [1.82, 2.24) is 9.80 Å². The standard InChI is InChI=1S/C22H25F2N3O2/c1-26-11-15-12-27(13-19(15)21(26)14-3-2-4-16(23)9-14)22(28)18-10-17(24)5-6-20(18)29-8-7-25/h2-6,9-10,15,19,21H,7-8,11-13,25H2,1H3/t15-,19+,21-/m0/s1. The van der Waals surface area contributed by atoms with E-state index in [0.29, 0.717) is 31.3 Å². The molecule has 2 aliphatic heterocycles. The predicted octanol–water partition coefficient (Wildman–Crippen LogP) is 2.68. The van der Waals surface area contributed by atoms with Crippen LogP contribution >= 0.6 is 0 Å². The molecule has 4 rings (SSSR count). The Morgan fingerprint density at radius 1 is 1.14 bits per heavy atom. The lowest BCUT2D eigenvalue weighted by atomic mass is 9.89. The van der Waals surface area contributed by atoms with Crippen LogP contribution in [0.3, 0.4) is 0 Å². The normalized spacial score (nSPS) is 24.0. The molecule has 2 heterocycles. The molecule has 2 aromatic carbocycles. The fourth-order valence-corrected chi connectivity index (χ4v) is 4.75. The summed E-state index contributed by atoms with van der Waals surface area (Å²) < 4.78 is 33.1. The number of likely N-dealkylation sites (tertiary alicyclic amines) is 2. The van der Waals surface area contributed by atoms with Crippen molar-refractivity contribution in [1.29, 1.82) is 0 Å². The molecule has 0 unspecified atom stereocenters. The summed E-state index contributed by atoms with van der Waals surface area (Å²) in [4.78, 5) is 17.2. The SMILES string of the molecule is CN1C[C@H]2CN(C(=O)c3cc(F)ccc3OCCN)C[C@H]2[C@@H]1c1cccc(F)c1. The van der Waals surface area contributed by atoms with E-state index >= 15 is 0 Å². The Balaban J connectivity index is 1.56. The average molecular weight is 401 g/mol. The molecule has 3 atom stereocenters. The van der Waals surface area contributed by atoms with Crippen LogP contribution in [0, 0.1) is 23.5 Å². The fraction of sp³-hybridized carbons (Fsp3) is 0.409. The molecule has 0 spiro atoms. The number of carbonyl (C=O) groups is 1. The Bertz CT molecular complexity index is 907. The molecule has 2 aromatic rings. The van der Waals surface area contributed by atoms with Gasteiger partial charge in [-0.2, -0.15) is 0 Å². The van der Waals surface area contributed by atoms with Crippen LogP contribution in [0.2, 0.25) is 0 Å². The highest BCUT2D eigenvalue weighted by atomic mass is 19.1. The van der Waals surface area contributed by atoms with E-state index in [2.05, 4.69) is 4.90 Å². The zero-order valence-corrected chi connectivity index (χ0v) is 16.4. The van der Waals surface area contributed by atoms with Crippen molar-refractivity contribution < 1.29 is 18.3 Å². The molecule has 0 radical (unpaired) electrons. The first-order valence-electron chi connectivity index (χ1n) is 9.85. The molecule has 154 valence electrons. The number of rotatable bonds is 5. The zero-order chi connectivity index (χ0) is 20.5. The van der Waals surface area contributed by atoms with Crippen LogP contribution in [0.15, 0.2) is 42.5 Å². The van der Waals surface area contributed by atoms with Crippen LogP contribution in [0.25, 0.3) is 0 Å². The molecular weight excluding hydrogens is 376 g/mol. The molecule has 5 nitrogen and oxygen atoms in total. The van der Waals surface area contributed by atoms with Gasteiger partial charge in [-0.1, -0.05) is 12.1 Å². The van der Waals surface area contributed by atoms with Gasteiger partial charge in [0.15, 0.2) is 0 Å². The maximum absolute atomic E-state index is 13.8. The van der Waals surface area contributed by atoms with Crippen LogP contribution < -0.4 is 10.5 Å². The van der Waals surface area contributed by atoms with E-state index < -0.39 is 5.82 Å². The third-order valence-electron chi connectivity index (χ3n) is 5.92. The van der Waals surface area contributed by atoms with Gasteiger partial charge in [-0.05, 0) is 48.9 Å². The number of halogens is 2. The number of benzene rings is 2. The third-order valence-corrected chi connectivity index (χ3v) is 5.92. The van der Waals surface area contributed by atoms with Gasteiger partial charge < -0.3 is 15.4 Å². The smallest absolute Gasteiger partial charge is 0.257 e. The number of amides is 1. The van der Waals surface area contributed by atoms with Gasteiger partial charge in [0.1, 0.15) is 24.0 Å². The van der Waals surface area contributed by atoms with Gasteiger partial charge in [-0.15, -0.1) is 0 Å². The number of nitrogens with zero attached hydrogens (tertiary/aromatic N) is 2. The number of nitrogens with two attached hydrogens (primary N) is 1. The van der Waals surface area contributed by atoms with Crippen molar-refractivity contribution in [3.8, 4) is 5.75 Å². The summed E-state index contributed by atoms with van der Waals surface area (Å²) in [6.45, 7) is 2.52. The van der Waals surface area contributed by atoms with Gasteiger partial charge in [0.25, 0.3) is 5.91 Å². The first-order valence-corrected chi connectivity index (χ1v) is 9.85. The van der Waals surface area contributed by atoms with E-state index in [4.69, 9.17) is 10.5 Å². The van der Waals surface area contributed by atoms with Crippen molar-refractivity contribution >= 4 is 5.91 Å². The van der Waals surface area contributed by atoms with Gasteiger partial charge in [0.05, 0.1) is 5.56 Å². The minimum absolute atomic E-state index is 0.0500. The molecule has 2 N–H and O–H groups in total. The van der Waals surface area contributed by atoms with Crippen molar-refractivity contribution in [2.24, 2.45) is 17.6 Å². The van der Waals surface area contributed by atoms with Gasteiger partial charge in [-0.25, -0.2) is 8.78 Å². The maximum atomic E-state index is 13.8. The van der Waals surface area contributed by atoms with Crippen molar-refractivity contribution in [3.05, 3.63) is 65.2 Å². The van der Waals surface area contributed by atoms with Crippen molar-refractivity contribution in [2.75, 3.05) is 39.8 Å². The molecule has 2 saturated heterocycles. The zero-order valence-electron chi connectivity index (χ0n) is 16.4. The Morgan fingerprint density at radius 3 is 2.69 bits per heavy atom. The number of hydrogen-bond donors (Lipinski definition) is 1. The maximum Gasteiger partial charge on any atom is 0.257 e. The van der Waals surface area contributed by atoms with E-state index in [1.165, 1.54) is 24.3 Å². The van der Waals surface area contributed by atoms with E-state index in [0.717, 1.165) is 12.1 Å². The lowest BCUT2D eigenvalue weighted by molar-refractivity contribution is 0.0763. The minimum atomic E-state index is -0.481. The molecule has 2 fully saturated rings. The Labute approximate surface area is 169 Å². The monoisotopic (exact) mass is 401 g/mol. The molecule has 0 aliphatic carbocycles. The summed E-state index contributed by atoms with van der Waals surface area (Å²) in [7, 11) is 2.03. The Kier molecular flexibility index (Phi) is 5.52. The highest BCUT2D eigenvalue weighted by molar-refractivity contribution is 5.97. The van der Waals surface area contributed by atoms with Crippen LogP contribution in [0.4, 0.5) is 8.78 Å². The molecule has 2 aliphatic rings. The average Bonchev–Trinajstić information content (AvgIpc) is 3.22. The summed E-state index contributed by atoms with van der Waals surface area (Å²) in [5.74, 6) is -0.145. The fourth-order valence-electron chi connectivity index (χ4n) is 4.75. The summed E-state index contributed by atoms with van der Waals surface area (Å²) in [5.41, 5.74) is 6.62. The van der Waals surface area contributed by atoms with Crippen molar-refractivity contribution in [3.63, 3.8) is 0 Å². The molecule has 0 bridgehead atoms. The molecule has 29 heavy (non-hydrogen) atoms. The first-order chi connectivity index (χ1) is 14.0. The highest BCUT2D eigenvalue weighted by Gasteiger charge is 2.47. The molecule has 7 heteroatoms. The number of fused-ring (bicyclic) bond motifs is 1. The lowest BCUT2D eigenvalue weighted by Gasteiger charge is -2.27. The molecular formula is C22H25F2N3O2. The van der Waals surface area contributed by atoms with Gasteiger partial charge in [-0.3, -0.25) is 9.69 Å². The molecule has 0 saturated carbocycles. The van der Waals surface area contributed by atoms with E-state index in [-0.39, 0.29) is 35.9 Å². The van der Waals surface area contributed by atoms with Crippen LogP contribution in [-0.4, -0.2) is 55.5 Å².